The first-order valence-electron chi connectivity index (χ1n) is 9.93. The first-order valence-corrected chi connectivity index (χ1v) is 9.93. The number of carbonyl (C=O) groups excluding carboxylic acids is 2. The van der Waals surface area contributed by atoms with Crippen molar-refractivity contribution >= 4 is 11.7 Å². The van der Waals surface area contributed by atoms with Crippen molar-refractivity contribution in [2.24, 2.45) is 0 Å². The standard InChI is InChI=1S/C20H29N3O7/c1-20(2,13-21-18(26)7-4-10-30-23(27)28)22-11-15(24)12-29-17-6-3-5-14-8-9-16(25)19(14)17/h3,5-6,15,22,24H,4,7-13H2,1-2H3,(H,21,26). The predicted octanol–water partition coefficient (Wildman–Crippen LogP) is 1.03. The summed E-state index contributed by atoms with van der Waals surface area (Å²) < 4.78 is 5.68. The van der Waals surface area contributed by atoms with E-state index in [9.17, 15) is 24.8 Å². The molecule has 10 nitrogen and oxygen atoms in total. The lowest BCUT2D eigenvalue weighted by molar-refractivity contribution is -0.757. The van der Waals surface area contributed by atoms with E-state index < -0.39 is 16.7 Å². The molecule has 10 heteroatoms. The van der Waals surface area contributed by atoms with E-state index in [0.29, 0.717) is 24.3 Å². The number of ether oxygens (including phenoxy) is 1. The third-order valence-corrected chi connectivity index (χ3v) is 4.73. The number of hydrogen-bond donors (Lipinski definition) is 3. The Bertz CT molecular complexity index is 767. The van der Waals surface area contributed by atoms with Crippen LogP contribution in [0.3, 0.4) is 0 Å². The zero-order valence-electron chi connectivity index (χ0n) is 17.3. The molecule has 0 spiro atoms. The first-order chi connectivity index (χ1) is 14.2. The van der Waals surface area contributed by atoms with Crippen LogP contribution in [-0.2, 0) is 16.1 Å². The Morgan fingerprint density at radius 2 is 2.13 bits per heavy atom. The van der Waals surface area contributed by atoms with E-state index in [-0.39, 0.29) is 44.3 Å². The average Bonchev–Trinajstić information content (AvgIpc) is 3.08. The van der Waals surface area contributed by atoms with Gasteiger partial charge in [0, 0.05) is 31.5 Å². The summed E-state index contributed by atoms with van der Waals surface area (Å²) in [6.07, 6.45) is 0.787. The SMILES string of the molecule is CC(C)(CNC(=O)CCCO[N+](=O)[O-])NCC(O)COc1cccc2c1C(=O)CC2. The minimum atomic E-state index is -0.886. The average molecular weight is 423 g/mol. The number of hydrogen-bond acceptors (Lipinski definition) is 8. The van der Waals surface area contributed by atoms with Crippen molar-refractivity contribution in [3.8, 4) is 5.75 Å². The van der Waals surface area contributed by atoms with Crippen molar-refractivity contribution in [3.63, 3.8) is 0 Å². The Kier molecular flexibility index (Phi) is 8.55. The maximum Gasteiger partial charge on any atom is 0.294 e. The highest BCUT2D eigenvalue weighted by atomic mass is 16.9. The van der Waals surface area contributed by atoms with E-state index in [1.165, 1.54) is 0 Å². The number of aliphatic hydroxyl groups is 1. The molecule has 0 bridgehead atoms. The summed E-state index contributed by atoms with van der Waals surface area (Å²) in [4.78, 5) is 38.0. The van der Waals surface area contributed by atoms with Crippen molar-refractivity contribution in [2.45, 2.75) is 51.2 Å². The second kappa shape index (κ2) is 10.9. The molecule has 0 saturated carbocycles. The molecular formula is C20H29N3O7. The number of rotatable bonds is 13. The Hall–Kier alpha value is -2.72. The highest BCUT2D eigenvalue weighted by Crippen LogP contribution is 2.30. The molecule has 0 heterocycles. The van der Waals surface area contributed by atoms with Gasteiger partial charge in [-0.1, -0.05) is 12.1 Å². The number of fused-ring (bicyclic) bond motifs is 1. The Morgan fingerprint density at radius 1 is 1.37 bits per heavy atom. The highest BCUT2D eigenvalue weighted by Gasteiger charge is 2.24. The van der Waals surface area contributed by atoms with Gasteiger partial charge in [0.1, 0.15) is 18.5 Å². The summed E-state index contributed by atoms with van der Waals surface area (Å²) in [5, 5.41) is 25.3. The minimum Gasteiger partial charge on any atom is -0.490 e. The summed E-state index contributed by atoms with van der Waals surface area (Å²) in [7, 11) is 0. The van der Waals surface area contributed by atoms with Crippen LogP contribution in [0.25, 0.3) is 0 Å². The van der Waals surface area contributed by atoms with E-state index in [1.54, 1.807) is 6.07 Å². The van der Waals surface area contributed by atoms with E-state index in [0.717, 1.165) is 12.0 Å². The van der Waals surface area contributed by atoms with Crippen molar-refractivity contribution in [3.05, 3.63) is 39.4 Å². The molecule has 1 aromatic carbocycles. The molecule has 0 radical (unpaired) electrons. The third-order valence-electron chi connectivity index (χ3n) is 4.73. The summed E-state index contributed by atoms with van der Waals surface area (Å²) in [6.45, 7) is 4.22. The van der Waals surface area contributed by atoms with Gasteiger partial charge in [0.15, 0.2) is 5.78 Å². The molecule has 2 rings (SSSR count). The van der Waals surface area contributed by atoms with E-state index >= 15 is 0 Å². The second-order valence-corrected chi connectivity index (χ2v) is 7.88. The number of amides is 1. The van der Waals surface area contributed by atoms with Crippen LogP contribution in [0.2, 0.25) is 0 Å². The Morgan fingerprint density at radius 3 is 2.87 bits per heavy atom. The van der Waals surface area contributed by atoms with Crippen LogP contribution in [0.5, 0.6) is 5.75 Å². The number of nitrogens with zero attached hydrogens (tertiary/aromatic N) is 1. The van der Waals surface area contributed by atoms with Gasteiger partial charge in [0.05, 0.1) is 12.2 Å². The number of β-amino-alcohol motifs (C(OH)–C–C–N with tert-alkyl or cyclic N) is 1. The number of benzene rings is 1. The van der Waals surface area contributed by atoms with E-state index in [4.69, 9.17) is 4.74 Å². The lowest BCUT2D eigenvalue weighted by atomic mass is 10.1. The van der Waals surface area contributed by atoms with E-state index in [1.807, 2.05) is 26.0 Å². The summed E-state index contributed by atoms with van der Waals surface area (Å²) in [5.41, 5.74) is 1.11. The molecule has 1 aliphatic carbocycles. The van der Waals surface area contributed by atoms with Gasteiger partial charge in [-0.25, -0.2) is 0 Å². The van der Waals surface area contributed by atoms with Crippen LogP contribution in [-0.4, -0.2) is 59.8 Å². The van der Waals surface area contributed by atoms with Crippen LogP contribution in [0, 0.1) is 10.1 Å². The molecule has 166 valence electrons. The van der Waals surface area contributed by atoms with Crippen LogP contribution in [0.4, 0.5) is 0 Å². The molecule has 0 aliphatic heterocycles. The minimum absolute atomic E-state index is 0.0373. The van der Waals surface area contributed by atoms with Gasteiger partial charge >= 0.3 is 0 Å². The molecule has 0 saturated heterocycles. The molecule has 0 aromatic heterocycles. The maximum absolute atomic E-state index is 12.0. The topological polar surface area (TPSA) is 140 Å². The van der Waals surface area contributed by atoms with Crippen molar-refractivity contribution in [2.75, 3.05) is 26.3 Å². The highest BCUT2D eigenvalue weighted by molar-refractivity contribution is 6.02. The largest absolute Gasteiger partial charge is 0.490 e. The summed E-state index contributed by atoms with van der Waals surface area (Å²) >= 11 is 0. The van der Waals surface area contributed by atoms with Crippen LogP contribution in [0.1, 0.15) is 49.0 Å². The Balaban J connectivity index is 1.68. The quantitative estimate of drug-likeness (QED) is 0.243. The fourth-order valence-corrected chi connectivity index (χ4v) is 3.08. The van der Waals surface area contributed by atoms with Gasteiger partial charge in [-0.05, 0) is 38.3 Å². The molecule has 1 unspecified atom stereocenters. The van der Waals surface area contributed by atoms with Gasteiger partial charge < -0.3 is 25.3 Å². The van der Waals surface area contributed by atoms with Gasteiger partial charge in [-0.15, -0.1) is 10.1 Å². The summed E-state index contributed by atoms with van der Waals surface area (Å²) in [5.74, 6) is 0.333. The number of ketones is 1. The zero-order chi connectivity index (χ0) is 22.1. The first kappa shape index (κ1) is 23.6. The van der Waals surface area contributed by atoms with Crippen LogP contribution >= 0.6 is 0 Å². The molecule has 0 fully saturated rings. The van der Waals surface area contributed by atoms with Gasteiger partial charge in [0.25, 0.3) is 5.09 Å². The summed E-state index contributed by atoms with van der Waals surface area (Å²) in [6, 6.07) is 5.49. The van der Waals surface area contributed by atoms with E-state index in [2.05, 4.69) is 15.5 Å². The molecule has 1 aliphatic rings. The van der Waals surface area contributed by atoms with Crippen LogP contribution < -0.4 is 15.4 Å². The van der Waals surface area contributed by atoms with Gasteiger partial charge in [-0.3, -0.25) is 9.59 Å². The lowest BCUT2D eigenvalue weighted by Crippen LogP contribution is -2.51. The predicted molar refractivity (Wildman–Crippen MR) is 108 cm³/mol. The molecule has 1 aromatic rings. The molecule has 30 heavy (non-hydrogen) atoms. The maximum atomic E-state index is 12.0. The molecule has 1 atom stereocenters. The third kappa shape index (κ3) is 7.60. The number of nitrogens with one attached hydrogen (secondary N) is 2. The monoisotopic (exact) mass is 423 g/mol. The number of aliphatic hydroxyl groups excluding tert-OH is 1. The zero-order valence-corrected chi connectivity index (χ0v) is 17.3. The normalized spacial score (nSPS) is 14.2. The molecule has 1 amide bonds. The second-order valence-electron chi connectivity index (χ2n) is 7.88. The Labute approximate surface area is 175 Å². The van der Waals surface area contributed by atoms with Crippen molar-refractivity contribution in [1.29, 1.82) is 0 Å². The van der Waals surface area contributed by atoms with Gasteiger partial charge in [-0.2, -0.15) is 0 Å². The molecular weight excluding hydrogens is 394 g/mol. The molecule has 3 N–H and O–H groups in total. The van der Waals surface area contributed by atoms with Crippen molar-refractivity contribution < 1.29 is 29.4 Å². The fraction of sp³-hybridized carbons (Fsp3) is 0.600. The number of aryl methyl sites for hydroxylation is 1. The lowest BCUT2D eigenvalue weighted by Gasteiger charge is -2.28. The number of carbonyl (C=O) groups is 2. The smallest absolute Gasteiger partial charge is 0.294 e. The number of Topliss-reactive ketones (excluding diaryl/α,β-unsaturated/α-hetero) is 1. The van der Waals surface area contributed by atoms with Crippen LogP contribution in [0.15, 0.2) is 18.2 Å². The fourth-order valence-electron chi connectivity index (χ4n) is 3.08. The van der Waals surface area contributed by atoms with Crippen molar-refractivity contribution in [1.82, 2.24) is 10.6 Å². The van der Waals surface area contributed by atoms with Gasteiger partial charge in [0.2, 0.25) is 5.91 Å².